The second kappa shape index (κ2) is 6.33. The number of ether oxygens (including phenoxy) is 2. The van der Waals surface area contributed by atoms with Crippen molar-refractivity contribution >= 4 is 24.6 Å². The first-order valence-corrected chi connectivity index (χ1v) is 8.68. The molecule has 13 heteroatoms. The summed E-state index contributed by atoms with van der Waals surface area (Å²) < 4.78 is 22.7. The lowest BCUT2D eigenvalue weighted by atomic mass is 10.2. The fourth-order valence-corrected chi connectivity index (χ4v) is 2.68. The molecule has 1 aliphatic rings. The summed E-state index contributed by atoms with van der Waals surface area (Å²) in [5, 5.41) is 20.2. The van der Waals surface area contributed by atoms with E-state index in [0.717, 1.165) is 0 Å². The standard InChI is InChI=1S/C11H16N5O7P/c12-8-5-9(14-3-13-8)16(4-15-5)10-6(17)7(18)11(23-10)22-1-2-24(19,20)21/h3-4,6-7,10-11,17-18H,1-2H2,(H2,12,13,14)(H2,19,20,21)/t6-,7+,10-,11+/m1/s1. The number of hydrogen-bond donors (Lipinski definition) is 5. The van der Waals surface area contributed by atoms with Gasteiger partial charge in [-0.2, -0.15) is 0 Å². The van der Waals surface area contributed by atoms with Gasteiger partial charge in [-0.05, 0) is 0 Å². The van der Waals surface area contributed by atoms with Crippen LogP contribution in [-0.2, 0) is 14.0 Å². The van der Waals surface area contributed by atoms with E-state index in [0.29, 0.717) is 11.2 Å². The number of aliphatic hydroxyl groups excluding tert-OH is 2. The molecule has 132 valence electrons. The normalized spacial score (nSPS) is 27.8. The predicted octanol–water partition coefficient (Wildman–Crippen LogP) is -1.82. The highest BCUT2D eigenvalue weighted by atomic mass is 31.2. The molecular weight excluding hydrogens is 345 g/mol. The SMILES string of the molecule is Nc1ncnc2c1ncn2[C@@H]1O[C@H](OCCP(=O)(O)O)[C@@H](O)[C@H]1O. The lowest BCUT2D eigenvalue weighted by Gasteiger charge is -2.16. The number of nitrogen functional groups attached to an aromatic ring is 1. The van der Waals surface area contributed by atoms with Gasteiger partial charge in [0.25, 0.3) is 0 Å². The first-order chi connectivity index (χ1) is 11.3. The van der Waals surface area contributed by atoms with Crippen molar-refractivity contribution in [2.24, 2.45) is 0 Å². The van der Waals surface area contributed by atoms with Gasteiger partial charge in [0.2, 0.25) is 0 Å². The Bertz CT molecular complexity index is 779. The summed E-state index contributed by atoms with van der Waals surface area (Å²) in [6.07, 6.45) is -3.07. The van der Waals surface area contributed by atoms with Gasteiger partial charge in [0.15, 0.2) is 24.0 Å². The van der Waals surface area contributed by atoms with E-state index in [2.05, 4.69) is 15.0 Å². The van der Waals surface area contributed by atoms with Crippen molar-refractivity contribution in [1.29, 1.82) is 0 Å². The fraction of sp³-hybridized carbons (Fsp3) is 0.545. The van der Waals surface area contributed by atoms with Gasteiger partial charge in [0.05, 0.1) is 19.1 Å². The molecular formula is C11H16N5O7P. The Kier molecular flexibility index (Phi) is 4.53. The van der Waals surface area contributed by atoms with Crippen molar-refractivity contribution in [3.8, 4) is 0 Å². The van der Waals surface area contributed by atoms with E-state index in [1.807, 2.05) is 0 Å². The van der Waals surface area contributed by atoms with Crippen molar-refractivity contribution in [1.82, 2.24) is 19.5 Å². The molecule has 0 radical (unpaired) electrons. The predicted molar refractivity (Wildman–Crippen MR) is 78.5 cm³/mol. The smallest absolute Gasteiger partial charge is 0.327 e. The number of rotatable bonds is 5. The van der Waals surface area contributed by atoms with Crippen molar-refractivity contribution in [2.45, 2.75) is 24.7 Å². The van der Waals surface area contributed by atoms with E-state index in [1.165, 1.54) is 17.2 Å². The summed E-state index contributed by atoms with van der Waals surface area (Å²) in [7, 11) is -4.23. The van der Waals surface area contributed by atoms with Crippen LogP contribution in [0.3, 0.4) is 0 Å². The first-order valence-electron chi connectivity index (χ1n) is 6.89. The van der Waals surface area contributed by atoms with E-state index in [-0.39, 0.29) is 12.4 Å². The molecule has 2 aromatic rings. The molecule has 0 amide bonds. The van der Waals surface area contributed by atoms with Crippen LogP contribution in [0, 0.1) is 0 Å². The summed E-state index contributed by atoms with van der Waals surface area (Å²) in [5.74, 6) is 0.154. The average molecular weight is 361 g/mol. The monoisotopic (exact) mass is 361 g/mol. The lowest BCUT2D eigenvalue weighted by molar-refractivity contribution is -0.173. The number of aromatic nitrogens is 4. The Morgan fingerprint density at radius 3 is 2.75 bits per heavy atom. The zero-order valence-electron chi connectivity index (χ0n) is 12.2. The van der Waals surface area contributed by atoms with Crippen LogP contribution in [-0.4, -0.2) is 70.8 Å². The second-order valence-corrected chi connectivity index (χ2v) is 6.99. The van der Waals surface area contributed by atoms with E-state index < -0.39 is 38.5 Å². The summed E-state index contributed by atoms with van der Waals surface area (Å²) in [6.45, 7) is -0.342. The molecule has 1 fully saturated rings. The molecule has 0 spiro atoms. The van der Waals surface area contributed by atoms with Gasteiger partial charge in [-0.1, -0.05) is 0 Å². The molecule has 3 rings (SSSR count). The van der Waals surface area contributed by atoms with E-state index in [9.17, 15) is 14.8 Å². The van der Waals surface area contributed by atoms with Crippen molar-refractivity contribution < 1.29 is 34.0 Å². The lowest BCUT2D eigenvalue weighted by Crippen LogP contribution is -2.33. The Labute approximate surface area is 135 Å². The van der Waals surface area contributed by atoms with Crippen molar-refractivity contribution in [3.63, 3.8) is 0 Å². The van der Waals surface area contributed by atoms with Crippen LogP contribution in [0.25, 0.3) is 11.2 Å². The number of imidazole rings is 1. The quantitative estimate of drug-likeness (QED) is 0.377. The number of nitrogens with two attached hydrogens (primary N) is 1. The molecule has 0 saturated carbocycles. The maximum atomic E-state index is 10.8. The van der Waals surface area contributed by atoms with Crippen molar-refractivity contribution in [2.75, 3.05) is 18.5 Å². The maximum Gasteiger partial charge on any atom is 0.327 e. The molecule has 4 atom stereocenters. The molecule has 0 aliphatic carbocycles. The zero-order chi connectivity index (χ0) is 17.5. The third-order valence-electron chi connectivity index (χ3n) is 3.52. The molecule has 2 aromatic heterocycles. The van der Waals surface area contributed by atoms with Crippen LogP contribution in [0.2, 0.25) is 0 Å². The van der Waals surface area contributed by atoms with Gasteiger partial charge in [-0.3, -0.25) is 9.13 Å². The Morgan fingerprint density at radius 2 is 2.04 bits per heavy atom. The van der Waals surface area contributed by atoms with Crippen LogP contribution >= 0.6 is 7.60 Å². The minimum atomic E-state index is -4.23. The molecule has 24 heavy (non-hydrogen) atoms. The minimum Gasteiger partial charge on any atom is -0.385 e. The third-order valence-corrected chi connectivity index (χ3v) is 4.29. The highest BCUT2D eigenvalue weighted by molar-refractivity contribution is 7.51. The van der Waals surface area contributed by atoms with Crippen LogP contribution in [0.1, 0.15) is 6.23 Å². The topological polar surface area (TPSA) is 186 Å². The third kappa shape index (κ3) is 3.26. The number of aliphatic hydroxyl groups is 2. The number of nitrogens with zero attached hydrogens (tertiary/aromatic N) is 4. The molecule has 0 aromatic carbocycles. The second-order valence-electron chi connectivity index (χ2n) is 5.22. The van der Waals surface area contributed by atoms with E-state index in [1.54, 1.807) is 0 Å². The van der Waals surface area contributed by atoms with Crippen LogP contribution < -0.4 is 5.73 Å². The van der Waals surface area contributed by atoms with Gasteiger partial charge >= 0.3 is 7.60 Å². The van der Waals surface area contributed by atoms with E-state index in [4.69, 9.17) is 25.0 Å². The average Bonchev–Trinajstić information content (AvgIpc) is 3.03. The molecule has 1 saturated heterocycles. The minimum absolute atomic E-state index is 0.154. The molecule has 3 heterocycles. The van der Waals surface area contributed by atoms with Gasteiger partial charge in [-0.25, -0.2) is 15.0 Å². The molecule has 0 unspecified atom stereocenters. The Morgan fingerprint density at radius 1 is 1.29 bits per heavy atom. The molecule has 1 aliphatic heterocycles. The number of anilines is 1. The zero-order valence-corrected chi connectivity index (χ0v) is 13.1. The van der Waals surface area contributed by atoms with Crippen LogP contribution in [0.5, 0.6) is 0 Å². The van der Waals surface area contributed by atoms with Gasteiger partial charge < -0.3 is 35.2 Å². The Balaban J connectivity index is 1.77. The first kappa shape index (κ1) is 17.2. The summed E-state index contributed by atoms with van der Waals surface area (Å²) >= 11 is 0. The molecule has 0 bridgehead atoms. The largest absolute Gasteiger partial charge is 0.385 e. The Hall–Kier alpha value is -1.66. The molecule has 6 N–H and O–H groups in total. The highest BCUT2D eigenvalue weighted by Crippen LogP contribution is 2.35. The fourth-order valence-electron chi connectivity index (χ4n) is 2.34. The van der Waals surface area contributed by atoms with Crippen molar-refractivity contribution in [3.05, 3.63) is 12.7 Å². The van der Waals surface area contributed by atoms with Gasteiger partial charge in [0.1, 0.15) is 24.1 Å². The van der Waals surface area contributed by atoms with Crippen LogP contribution in [0.15, 0.2) is 12.7 Å². The summed E-state index contributed by atoms with van der Waals surface area (Å²) in [6, 6.07) is 0. The number of fused-ring (bicyclic) bond motifs is 1. The van der Waals surface area contributed by atoms with Crippen LogP contribution in [0.4, 0.5) is 5.82 Å². The maximum absolute atomic E-state index is 10.8. The summed E-state index contributed by atoms with van der Waals surface area (Å²) in [4.78, 5) is 29.4. The van der Waals surface area contributed by atoms with E-state index >= 15 is 0 Å². The molecule has 12 nitrogen and oxygen atoms in total. The van der Waals surface area contributed by atoms with Gasteiger partial charge in [-0.15, -0.1) is 0 Å². The summed E-state index contributed by atoms with van der Waals surface area (Å²) in [5.41, 5.74) is 6.30. The highest BCUT2D eigenvalue weighted by Gasteiger charge is 2.45. The number of hydrogen-bond acceptors (Lipinski definition) is 9. The van der Waals surface area contributed by atoms with Gasteiger partial charge in [0, 0.05) is 0 Å².